The third-order valence-electron chi connectivity index (χ3n) is 2.05. The molecule has 0 spiro atoms. The highest BCUT2D eigenvalue weighted by Crippen LogP contribution is 2.20. The lowest BCUT2D eigenvalue weighted by Crippen LogP contribution is -2.18. The first-order chi connectivity index (χ1) is 8.15. The fourth-order valence-corrected chi connectivity index (χ4v) is 1.64. The van der Waals surface area contributed by atoms with Crippen LogP contribution in [0.2, 0.25) is 0 Å². The van der Waals surface area contributed by atoms with E-state index in [4.69, 9.17) is 0 Å². The van der Waals surface area contributed by atoms with Gasteiger partial charge in [-0.2, -0.15) is 0 Å². The summed E-state index contributed by atoms with van der Waals surface area (Å²) in [6.07, 6.45) is 1.46. The second-order valence-corrected chi connectivity index (χ2v) is 4.15. The summed E-state index contributed by atoms with van der Waals surface area (Å²) >= 11 is 1.09. The van der Waals surface area contributed by atoms with E-state index in [0.29, 0.717) is 16.3 Å². The predicted molar refractivity (Wildman–Crippen MR) is 65.4 cm³/mol. The Morgan fingerprint density at radius 1 is 1.41 bits per heavy atom. The number of nitrogens with one attached hydrogen (secondary N) is 2. The van der Waals surface area contributed by atoms with Gasteiger partial charge in [0.1, 0.15) is 10.8 Å². The zero-order valence-electron chi connectivity index (χ0n) is 8.97. The molecule has 0 atom stereocenters. The fraction of sp³-hybridized carbons (Fsp3) is 0.100. The van der Waals surface area contributed by atoms with E-state index in [1.165, 1.54) is 12.3 Å². The third-order valence-corrected chi connectivity index (χ3v) is 2.63. The number of carbonyl (C=O) groups excluding carboxylic acids is 1. The SMILES string of the molecule is Cc1cc(NC(=O)Nc2cnns2)ccc1O. The number of aromatic nitrogens is 2. The second-order valence-electron chi connectivity index (χ2n) is 3.36. The average Bonchev–Trinajstić information content (AvgIpc) is 2.76. The van der Waals surface area contributed by atoms with Gasteiger partial charge >= 0.3 is 6.03 Å². The number of benzene rings is 1. The highest BCUT2D eigenvalue weighted by molar-refractivity contribution is 7.10. The van der Waals surface area contributed by atoms with Crippen LogP contribution < -0.4 is 10.6 Å². The van der Waals surface area contributed by atoms with Crippen LogP contribution in [0.15, 0.2) is 24.4 Å². The summed E-state index contributed by atoms with van der Waals surface area (Å²) in [5, 5.41) is 18.7. The van der Waals surface area contributed by atoms with Crippen molar-refractivity contribution in [2.75, 3.05) is 10.6 Å². The van der Waals surface area contributed by atoms with Gasteiger partial charge in [0.2, 0.25) is 0 Å². The van der Waals surface area contributed by atoms with Crippen LogP contribution in [0.25, 0.3) is 0 Å². The zero-order valence-corrected chi connectivity index (χ0v) is 9.78. The molecule has 0 aliphatic carbocycles. The summed E-state index contributed by atoms with van der Waals surface area (Å²) < 4.78 is 3.62. The molecule has 17 heavy (non-hydrogen) atoms. The highest BCUT2D eigenvalue weighted by atomic mass is 32.1. The number of phenols is 1. The van der Waals surface area contributed by atoms with E-state index in [9.17, 15) is 9.90 Å². The van der Waals surface area contributed by atoms with Gasteiger partial charge in [-0.15, -0.1) is 5.10 Å². The predicted octanol–water partition coefficient (Wildman–Crippen LogP) is 2.20. The van der Waals surface area contributed by atoms with Gasteiger partial charge in [-0.1, -0.05) is 4.49 Å². The van der Waals surface area contributed by atoms with Gasteiger partial charge in [0.15, 0.2) is 0 Å². The molecule has 88 valence electrons. The van der Waals surface area contributed by atoms with Gasteiger partial charge in [0.05, 0.1) is 6.20 Å². The topological polar surface area (TPSA) is 87.1 Å². The Morgan fingerprint density at radius 3 is 2.88 bits per heavy atom. The van der Waals surface area contributed by atoms with Gasteiger partial charge in [-0.3, -0.25) is 5.32 Å². The monoisotopic (exact) mass is 250 g/mol. The quantitative estimate of drug-likeness (QED) is 0.713. The van der Waals surface area contributed by atoms with Crippen LogP contribution in [0.1, 0.15) is 5.56 Å². The smallest absolute Gasteiger partial charge is 0.324 e. The standard InChI is InChI=1S/C10H10N4O2S/c1-6-4-7(2-3-8(6)15)12-10(16)13-9-5-11-14-17-9/h2-5,15H,1H3,(H2,12,13,16). The lowest BCUT2D eigenvalue weighted by Gasteiger charge is -2.06. The van der Waals surface area contributed by atoms with E-state index < -0.39 is 0 Å². The first kappa shape index (κ1) is 11.3. The molecule has 2 aromatic rings. The van der Waals surface area contributed by atoms with Crippen molar-refractivity contribution in [3.63, 3.8) is 0 Å². The van der Waals surface area contributed by atoms with Crippen LogP contribution >= 0.6 is 11.5 Å². The number of aromatic hydroxyl groups is 1. The maximum Gasteiger partial charge on any atom is 0.324 e. The van der Waals surface area contributed by atoms with E-state index in [-0.39, 0.29) is 11.8 Å². The maximum absolute atomic E-state index is 11.5. The number of aryl methyl sites for hydroxylation is 1. The molecule has 0 radical (unpaired) electrons. The molecule has 2 amide bonds. The van der Waals surface area contributed by atoms with Crippen LogP contribution in [0, 0.1) is 6.92 Å². The van der Waals surface area contributed by atoms with Crippen molar-refractivity contribution in [1.82, 2.24) is 9.59 Å². The largest absolute Gasteiger partial charge is 0.508 e. The number of hydrogen-bond acceptors (Lipinski definition) is 5. The number of urea groups is 1. The normalized spacial score (nSPS) is 9.94. The Labute approximate surface area is 101 Å². The summed E-state index contributed by atoms with van der Waals surface area (Å²) in [7, 11) is 0. The number of hydrogen-bond donors (Lipinski definition) is 3. The van der Waals surface area contributed by atoms with E-state index in [0.717, 1.165) is 11.5 Å². The van der Waals surface area contributed by atoms with Gasteiger partial charge in [0.25, 0.3) is 0 Å². The van der Waals surface area contributed by atoms with Crippen LogP contribution in [0.5, 0.6) is 5.75 Å². The summed E-state index contributed by atoms with van der Waals surface area (Å²) in [5.74, 6) is 0.197. The van der Waals surface area contributed by atoms with Crippen molar-refractivity contribution in [3.05, 3.63) is 30.0 Å². The molecular formula is C10H10N4O2S. The molecule has 7 heteroatoms. The molecule has 1 aromatic carbocycles. The molecule has 0 aliphatic rings. The van der Waals surface area contributed by atoms with Crippen LogP contribution in [-0.4, -0.2) is 20.7 Å². The Morgan fingerprint density at radius 2 is 2.24 bits per heavy atom. The Balaban J connectivity index is 2.00. The van der Waals surface area contributed by atoms with E-state index in [2.05, 4.69) is 20.2 Å². The molecular weight excluding hydrogens is 240 g/mol. The van der Waals surface area contributed by atoms with E-state index in [1.54, 1.807) is 19.1 Å². The molecule has 0 bridgehead atoms. The Kier molecular flexibility index (Phi) is 3.20. The fourth-order valence-electron chi connectivity index (χ4n) is 1.23. The third kappa shape index (κ3) is 2.91. The second kappa shape index (κ2) is 4.79. The highest BCUT2D eigenvalue weighted by Gasteiger charge is 2.05. The van der Waals surface area contributed by atoms with Crippen LogP contribution in [0.3, 0.4) is 0 Å². The molecule has 6 nitrogen and oxygen atoms in total. The Bertz CT molecular complexity index is 527. The lowest BCUT2D eigenvalue weighted by molar-refractivity contribution is 0.262. The maximum atomic E-state index is 11.5. The van der Waals surface area contributed by atoms with Crippen LogP contribution in [-0.2, 0) is 0 Å². The molecule has 0 aliphatic heterocycles. The molecule has 0 unspecified atom stereocenters. The molecule has 0 saturated carbocycles. The van der Waals surface area contributed by atoms with E-state index >= 15 is 0 Å². The zero-order chi connectivity index (χ0) is 12.3. The van der Waals surface area contributed by atoms with Crippen molar-refractivity contribution in [3.8, 4) is 5.75 Å². The molecule has 3 N–H and O–H groups in total. The average molecular weight is 250 g/mol. The first-order valence-corrected chi connectivity index (χ1v) is 5.57. The number of phenolic OH excluding ortho intramolecular Hbond substituents is 1. The minimum Gasteiger partial charge on any atom is -0.508 e. The minimum atomic E-state index is -0.374. The first-order valence-electron chi connectivity index (χ1n) is 4.80. The van der Waals surface area contributed by atoms with Crippen molar-refractivity contribution in [2.45, 2.75) is 6.92 Å². The molecule has 0 fully saturated rings. The van der Waals surface area contributed by atoms with Gasteiger partial charge in [-0.05, 0) is 30.7 Å². The van der Waals surface area contributed by atoms with Gasteiger partial charge < -0.3 is 10.4 Å². The molecule has 0 saturated heterocycles. The van der Waals surface area contributed by atoms with Crippen molar-refractivity contribution in [1.29, 1.82) is 0 Å². The number of nitrogens with zero attached hydrogens (tertiary/aromatic N) is 2. The van der Waals surface area contributed by atoms with Gasteiger partial charge in [-0.25, -0.2) is 4.79 Å². The summed E-state index contributed by atoms with van der Waals surface area (Å²) in [5.41, 5.74) is 1.30. The number of anilines is 2. The summed E-state index contributed by atoms with van der Waals surface area (Å²) in [6.45, 7) is 1.76. The molecule has 1 heterocycles. The van der Waals surface area contributed by atoms with Crippen molar-refractivity contribution >= 4 is 28.3 Å². The molecule has 1 aromatic heterocycles. The number of rotatable bonds is 2. The Hall–Kier alpha value is -2.15. The van der Waals surface area contributed by atoms with Crippen LogP contribution in [0.4, 0.5) is 15.5 Å². The van der Waals surface area contributed by atoms with Crippen molar-refractivity contribution < 1.29 is 9.90 Å². The number of carbonyl (C=O) groups is 1. The van der Waals surface area contributed by atoms with Crippen molar-refractivity contribution in [2.24, 2.45) is 0 Å². The summed E-state index contributed by atoms with van der Waals surface area (Å²) in [6, 6.07) is 4.45. The van der Waals surface area contributed by atoms with E-state index in [1.807, 2.05) is 0 Å². The molecule has 2 rings (SSSR count). The minimum absolute atomic E-state index is 0.197. The lowest BCUT2D eigenvalue weighted by atomic mass is 10.2. The summed E-state index contributed by atoms with van der Waals surface area (Å²) in [4.78, 5) is 11.5. The number of amides is 2. The van der Waals surface area contributed by atoms with Gasteiger partial charge in [0, 0.05) is 17.2 Å².